The zero-order valence-electron chi connectivity index (χ0n) is 11.9. The van der Waals surface area contributed by atoms with E-state index in [1.807, 2.05) is 18.2 Å². The molecule has 0 spiro atoms. The zero-order chi connectivity index (χ0) is 14.8. The lowest BCUT2D eigenvalue weighted by atomic mass is 9.92. The molecule has 1 aromatic heterocycles. The van der Waals surface area contributed by atoms with Crippen molar-refractivity contribution < 1.29 is 4.74 Å². The fourth-order valence-corrected chi connectivity index (χ4v) is 2.25. The molecule has 20 heavy (non-hydrogen) atoms. The van der Waals surface area contributed by atoms with Crippen molar-refractivity contribution in [2.24, 2.45) is 0 Å². The van der Waals surface area contributed by atoms with Gasteiger partial charge in [-0.2, -0.15) is 0 Å². The number of benzene rings is 1. The number of nitrogen functional groups attached to an aromatic ring is 1. The number of aromatic nitrogens is 3. The molecule has 0 aliphatic carbocycles. The Labute approximate surface area is 123 Å². The molecule has 0 bridgehead atoms. The van der Waals surface area contributed by atoms with Crippen LogP contribution >= 0.6 is 11.6 Å². The Balaban J connectivity index is 2.04. The Kier molecular flexibility index (Phi) is 4.18. The molecule has 2 N–H and O–H groups in total. The first-order valence-electron chi connectivity index (χ1n) is 6.46. The molecule has 0 atom stereocenters. The predicted molar refractivity (Wildman–Crippen MR) is 80.1 cm³/mol. The second kappa shape index (κ2) is 5.71. The minimum atomic E-state index is -0.113. The highest BCUT2D eigenvalue weighted by atomic mass is 35.5. The maximum Gasteiger partial charge on any atom is 0.169 e. The minimum Gasteiger partial charge on any atom is -0.490 e. The van der Waals surface area contributed by atoms with Crippen LogP contribution in [0.1, 0.15) is 26.5 Å². The normalized spacial score (nSPS) is 11.6. The van der Waals surface area contributed by atoms with E-state index in [1.54, 1.807) is 10.7 Å². The molecule has 1 heterocycles. The van der Waals surface area contributed by atoms with Crippen molar-refractivity contribution in [1.82, 2.24) is 15.0 Å². The highest BCUT2D eigenvalue weighted by molar-refractivity contribution is 6.32. The fourth-order valence-electron chi connectivity index (χ4n) is 2.06. The standard InChI is InChI=1S/C14H19ClN4O/c1-14(2,3)12-13(16)17-18-19(12)8-9-20-11-7-5-4-6-10(11)15/h4-7H,8-9,16H2,1-3H3. The zero-order valence-corrected chi connectivity index (χ0v) is 12.7. The van der Waals surface area contributed by atoms with E-state index in [2.05, 4.69) is 31.1 Å². The largest absolute Gasteiger partial charge is 0.490 e. The maximum atomic E-state index is 6.03. The van der Waals surface area contributed by atoms with Crippen LogP contribution in [0, 0.1) is 0 Å². The van der Waals surface area contributed by atoms with Crippen LogP contribution in [0.4, 0.5) is 5.82 Å². The topological polar surface area (TPSA) is 66.0 Å². The van der Waals surface area contributed by atoms with Crippen molar-refractivity contribution in [3.8, 4) is 5.75 Å². The van der Waals surface area contributed by atoms with Gasteiger partial charge in [-0.3, -0.25) is 0 Å². The molecule has 0 aliphatic rings. The number of hydrogen-bond acceptors (Lipinski definition) is 4. The number of hydrogen-bond donors (Lipinski definition) is 1. The van der Waals surface area contributed by atoms with Gasteiger partial charge in [0.1, 0.15) is 12.4 Å². The van der Waals surface area contributed by atoms with Crippen LogP contribution in [0.3, 0.4) is 0 Å². The Morgan fingerprint density at radius 1 is 1.30 bits per heavy atom. The minimum absolute atomic E-state index is 0.113. The van der Waals surface area contributed by atoms with Crippen LogP contribution in [0.2, 0.25) is 5.02 Å². The van der Waals surface area contributed by atoms with Crippen LogP contribution < -0.4 is 10.5 Å². The van der Waals surface area contributed by atoms with Crippen LogP contribution in [0.25, 0.3) is 0 Å². The van der Waals surface area contributed by atoms with E-state index >= 15 is 0 Å². The van der Waals surface area contributed by atoms with E-state index in [0.29, 0.717) is 29.7 Å². The molecule has 5 nitrogen and oxygen atoms in total. The summed E-state index contributed by atoms with van der Waals surface area (Å²) < 4.78 is 7.44. The van der Waals surface area contributed by atoms with Crippen molar-refractivity contribution in [1.29, 1.82) is 0 Å². The summed E-state index contributed by atoms with van der Waals surface area (Å²) in [4.78, 5) is 0. The van der Waals surface area contributed by atoms with Gasteiger partial charge in [0.15, 0.2) is 5.82 Å². The summed E-state index contributed by atoms with van der Waals surface area (Å²) in [6.07, 6.45) is 0. The molecule has 2 aromatic rings. The third-order valence-electron chi connectivity index (χ3n) is 2.87. The molecule has 2 rings (SSSR count). The van der Waals surface area contributed by atoms with Crippen molar-refractivity contribution in [2.75, 3.05) is 12.3 Å². The summed E-state index contributed by atoms with van der Waals surface area (Å²) in [5.74, 6) is 1.13. The number of halogens is 1. The first kappa shape index (κ1) is 14.7. The molecule has 0 fully saturated rings. The first-order chi connectivity index (χ1) is 9.39. The van der Waals surface area contributed by atoms with Gasteiger partial charge in [0.05, 0.1) is 17.3 Å². The van der Waals surface area contributed by atoms with Gasteiger partial charge in [0, 0.05) is 5.41 Å². The lowest BCUT2D eigenvalue weighted by Crippen LogP contribution is -2.22. The number of para-hydroxylation sites is 1. The van der Waals surface area contributed by atoms with E-state index in [-0.39, 0.29) is 5.41 Å². The predicted octanol–water partition coefficient (Wildman–Crippen LogP) is 2.89. The lowest BCUT2D eigenvalue weighted by Gasteiger charge is -2.20. The third kappa shape index (κ3) is 3.22. The van der Waals surface area contributed by atoms with Crippen LogP contribution in [-0.2, 0) is 12.0 Å². The van der Waals surface area contributed by atoms with E-state index < -0.39 is 0 Å². The van der Waals surface area contributed by atoms with E-state index in [9.17, 15) is 0 Å². The average molecular weight is 295 g/mol. The molecule has 0 unspecified atom stereocenters. The third-order valence-corrected chi connectivity index (χ3v) is 3.18. The van der Waals surface area contributed by atoms with E-state index in [1.165, 1.54) is 0 Å². The Hall–Kier alpha value is -1.75. The molecular formula is C14H19ClN4O. The lowest BCUT2D eigenvalue weighted by molar-refractivity contribution is 0.284. The van der Waals surface area contributed by atoms with Crippen LogP contribution in [0.5, 0.6) is 5.75 Å². The van der Waals surface area contributed by atoms with Gasteiger partial charge >= 0.3 is 0 Å². The van der Waals surface area contributed by atoms with Gasteiger partial charge in [-0.25, -0.2) is 4.68 Å². The summed E-state index contributed by atoms with van der Waals surface area (Å²) in [5.41, 5.74) is 6.68. The molecule has 6 heteroatoms. The van der Waals surface area contributed by atoms with Crippen LogP contribution in [0.15, 0.2) is 24.3 Å². The van der Waals surface area contributed by atoms with Gasteiger partial charge in [-0.1, -0.05) is 49.7 Å². The van der Waals surface area contributed by atoms with Crippen molar-refractivity contribution in [3.63, 3.8) is 0 Å². The maximum absolute atomic E-state index is 6.03. The SMILES string of the molecule is CC(C)(C)c1c(N)nnn1CCOc1ccccc1Cl. The van der Waals surface area contributed by atoms with Gasteiger partial charge < -0.3 is 10.5 Å². The second-order valence-corrected chi connectivity index (χ2v) is 5.98. The summed E-state index contributed by atoms with van der Waals surface area (Å²) in [6.45, 7) is 7.26. The number of nitrogens with zero attached hydrogens (tertiary/aromatic N) is 3. The molecule has 0 saturated carbocycles. The quantitative estimate of drug-likeness (QED) is 0.941. The Morgan fingerprint density at radius 2 is 2.00 bits per heavy atom. The summed E-state index contributed by atoms with van der Waals surface area (Å²) in [7, 11) is 0. The van der Waals surface area contributed by atoms with E-state index in [4.69, 9.17) is 22.1 Å². The summed E-state index contributed by atoms with van der Waals surface area (Å²) >= 11 is 6.03. The number of ether oxygens (including phenoxy) is 1. The van der Waals surface area contributed by atoms with E-state index in [0.717, 1.165) is 5.69 Å². The van der Waals surface area contributed by atoms with Gasteiger partial charge in [0.25, 0.3) is 0 Å². The van der Waals surface area contributed by atoms with Crippen molar-refractivity contribution >= 4 is 17.4 Å². The van der Waals surface area contributed by atoms with Crippen LogP contribution in [-0.4, -0.2) is 21.6 Å². The molecule has 0 radical (unpaired) electrons. The molecule has 1 aromatic carbocycles. The average Bonchev–Trinajstić information content (AvgIpc) is 2.73. The number of nitrogens with two attached hydrogens (primary N) is 1. The van der Waals surface area contributed by atoms with Gasteiger partial charge in [-0.15, -0.1) is 5.10 Å². The fraction of sp³-hybridized carbons (Fsp3) is 0.429. The molecular weight excluding hydrogens is 276 g/mol. The Bertz CT molecular complexity index is 589. The van der Waals surface area contributed by atoms with Crippen molar-refractivity contribution in [3.05, 3.63) is 35.0 Å². The van der Waals surface area contributed by atoms with Gasteiger partial charge in [-0.05, 0) is 12.1 Å². The summed E-state index contributed by atoms with van der Waals surface area (Å²) in [6, 6.07) is 7.38. The highest BCUT2D eigenvalue weighted by Gasteiger charge is 2.23. The second-order valence-electron chi connectivity index (χ2n) is 5.58. The smallest absolute Gasteiger partial charge is 0.169 e. The number of anilines is 1. The summed E-state index contributed by atoms with van der Waals surface area (Å²) in [5, 5.41) is 8.60. The highest BCUT2D eigenvalue weighted by Crippen LogP contribution is 2.26. The van der Waals surface area contributed by atoms with Gasteiger partial charge in [0.2, 0.25) is 0 Å². The molecule has 108 valence electrons. The number of rotatable bonds is 4. The van der Waals surface area contributed by atoms with Crippen molar-refractivity contribution in [2.45, 2.75) is 32.7 Å². The first-order valence-corrected chi connectivity index (χ1v) is 6.84. The monoisotopic (exact) mass is 294 g/mol. The Morgan fingerprint density at radius 3 is 2.65 bits per heavy atom. The molecule has 0 amide bonds. The molecule has 0 saturated heterocycles. The molecule has 0 aliphatic heterocycles.